The van der Waals surface area contributed by atoms with Crippen molar-refractivity contribution in [1.82, 2.24) is 15.0 Å². The lowest BCUT2D eigenvalue weighted by Crippen LogP contribution is -1.98. The van der Waals surface area contributed by atoms with Crippen molar-refractivity contribution in [1.29, 1.82) is 0 Å². The number of hydrogen-bond donors (Lipinski definition) is 2. The van der Waals surface area contributed by atoms with Crippen LogP contribution >= 0.6 is 0 Å². The summed E-state index contributed by atoms with van der Waals surface area (Å²) in [6.45, 7) is 0. The fourth-order valence-corrected chi connectivity index (χ4v) is 2.49. The average Bonchev–Trinajstić information content (AvgIpc) is 2.80. The van der Waals surface area contributed by atoms with E-state index in [0.29, 0.717) is 0 Å². The van der Waals surface area contributed by atoms with Crippen LogP contribution in [0.4, 0.5) is 23.1 Å². The lowest BCUT2D eigenvalue weighted by Gasteiger charge is -2.09. The van der Waals surface area contributed by atoms with Gasteiger partial charge in [0.15, 0.2) is 5.82 Å². The van der Waals surface area contributed by atoms with Crippen LogP contribution in [0.3, 0.4) is 0 Å². The van der Waals surface area contributed by atoms with Crippen LogP contribution in [0.15, 0.2) is 79.1 Å². The van der Waals surface area contributed by atoms with Crippen LogP contribution in [0, 0.1) is 0 Å². The van der Waals surface area contributed by atoms with Crippen LogP contribution in [0.5, 0.6) is 0 Å². The van der Waals surface area contributed by atoms with E-state index < -0.39 is 0 Å². The Morgan fingerprint density at radius 3 is 2.00 bits per heavy atom. The molecule has 0 aromatic carbocycles. The van der Waals surface area contributed by atoms with E-state index in [9.17, 15) is 0 Å². The van der Waals surface area contributed by atoms with Gasteiger partial charge >= 0.3 is 0 Å². The molecule has 4 rings (SSSR count). The Kier molecular flexibility index (Phi) is 3.73. The van der Waals surface area contributed by atoms with E-state index in [0.717, 1.165) is 34.4 Å². The fourth-order valence-electron chi connectivity index (χ4n) is 2.49. The second-order valence-electron chi connectivity index (χ2n) is 5.22. The van der Waals surface area contributed by atoms with E-state index in [4.69, 9.17) is 4.98 Å². The summed E-state index contributed by atoms with van der Waals surface area (Å²) in [6.07, 6.45) is 3.50. The lowest BCUT2D eigenvalue weighted by atomic mass is 10.2. The first kappa shape index (κ1) is 14.1. The van der Waals surface area contributed by atoms with Gasteiger partial charge in [0, 0.05) is 18.0 Å². The molecule has 1 aliphatic heterocycles. The number of nitrogens with zero attached hydrogens (tertiary/aromatic N) is 3. The monoisotopic (exact) mass is 313 g/mol. The topological polar surface area (TPSA) is 62.7 Å². The number of nitrogens with one attached hydrogen (secondary N) is 2. The van der Waals surface area contributed by atoms with Gasteiger partial charge in [0.25, 0.3) is 0 Å². The maximum atomic E-state index is 4.70. The highest BCUT2D eigenvalue weighted by Crippen LogP contribution is 2.38. The van der Waals surface area contributed by atoms with Crippen LogP contribution < -0.4 is 10.6 Å². The van der Waals surface area contributed by atoms with Gasteiger partial charge in [-0.25, -0.2) is 15.0 Å². The zero-order valence-corrected chi connectivity index (χ0v) is 12.8. The molecule has 3 heterocycles. The lowest BCUT2D eigenvalue weighted by molar-refractivity contribution is 1.27. The van der Waals surface area contributed by atoms with Gasteiger partial charge in [-0.2, -0.15) is 0 Å². The van der Waals surface area contributed by atoms with Crippen molar-refractivity contribution in [2.24, 2.45) is 0 Å². The highest BCUT2D eigenvalue weighted by atomic mass is 15.1. The van der Waals surface area contributed by atoms with Crippen LogP contribution in [-0.2, 0) is 0 Å². The van der Waals surface area contributed by atoms with Crippen LogP contribution in [0.1, 0.15) is 0 Å². The van der Waals surface area contributed by atoms with Crippen LogP contribution in [0.25, 0.3) is 11.3 Å². The Morgan fingerprint density at radius 1 is 0.625 bits per heavy atom. The van der Waals surface area contributed by atoms with Crippen LogP contribution in [0.2, 0.25) is 0 Å². The Labute approximate surface area is 139 Å². The van der Waals surface area contributed by atoms with Gasteiger partial charge in [0.2, 0.25) is 0 Å². The molecule has 0 bridgehead atoms. The summed E-state index contributed by atoms with van der Waals surface area (Å²) in [5.41, 5.74) is 2.80. The third-order valence-electron chi connectivity index (χ3n) is 3.58. The molecule has 0 saturated carbocycles. The summed E-state index contributed by atoms with van der Waals surface area (Å²) < 4.78 is 0. The number of anilines is 4. The molecule has 5 nitrogen and oxygen atoms in total. The smallest absolute Gasteiger partial charge is 0.156 e. The summed E-state index contributed by atoms with van der Waals surface area (Å²) in [6, 6.07) is 21.5. The third kappa shape index (κ3) is 2.87. The van der Waals surface area contributed by atoms with Crippen molar-refractivity contribution in [2.45, 2.75) is 0 Å². The fraction of sp³-hybridized carbons (Fsp3) is 0. The van der Waals surface area contributed by atoms with Crippen molar-refractivity contribution in [2.75, 3.05) is 10.6 Å². The zero-order valence-electron chi connectivity index (χ0n) is 12.8. The molecule has 2 aromatic heterocycles. The molecule has 0 spiro atoms. The maximum absolute atomic E-state index is 4.70. The Morgan fingerprint density at radius 2 is 1.29 bits per heavy atom. The molecule has 116 valence electrons. The van der Waals surface area contributed by atoms with Gasteiger partial charge < -0.3 is 10.6 Å². The molecule has 0 radical (unpaired) electrons. The van der Waals surface area contributed by atoms with E-state index >= 15 is 0 Å². The highest BCUT2D eigenvalue weighted by Gasteiger charge is 2.18. The molecule has 5 heteroatoms. The van der Waals surface area contributed by atoms with Gasteiger partial charge in [-0.15, -0.1) is 0 Å². The molecule has 2 aromatic rings. The largest absolute Gasteiger partial charge is 0.337 e. The molecule has 0 unspecified atom stereocenters. The quantitative estimate of drug-likeness (QED) is 0.582. The molecular weight excluding hydrogens is 298 g/mol. The number of pyridine rings is 2. The standard InChI is InChI=1S/C19H15N5/c1-2-8-14-15(9-3-1)22-19(24-17-11-5-7-13-21-17)18(14)23-16-10-4-6-12-20-16/h1-13H,(H,20,23)(H,21,22,24). The first-order valence-electron chi connectivity index (χ1n) is 7.65. The molecule has 24 heavy (non-hydrogen) atoms. The molecule has 0 saturated heterocycles. The molecule has 1 aliphatic carbocycles. The maximum Gasteiger partial charge on any atom is 0.156 e. The normalized spacial score (nSPS) is 10.5. The first-order valence-corrected chi connectivity index (χ1v) is 7.65. The summed E-state index contributed by atoms with van der Waals surface area (Å²) in [5, 5.41) is 6.65. The highest BCUT2D eigenvalue weighted by molar-refractivity contribution is 5.91. The summed E-state index contributed by atoms with van der Waals surface area (Å²) in [4.78, 5) is 13.4. The van der Waals surface area contributed by atoms with Crippen molar-refractivity contribution in [3.63, 3.8) is 0 Å². The summed E-state index contributed by atoms with van der Waals surface area (Å²) in [7, 11) is 0. The molecule has 2 N–H and O–H groups in total. The average molecular weight is 313 g/mol. The van der Waals surface area contributed by atoms with E-state index in [1.54, 1.807) is 12.4 Å². The van der Waals surface area contributed by atoms with E-state index in [1.165, 1.54) is 0 Å². The minimum Gasteiger partial charge on any atom is -0.337 e. The second kappa shape index (κ2) is 6.34. The third-order valence-corrected chi connectivity index (χ3v) is 3.58. The summed E-state index contributed by atoms with van der Waals surface area (Å²) >= 11 is 0. The van der Waals surface area contributed by atoms with Gasteiger partial charge in [0.05, 0.1) is 11.4 Å². The predicted octanol–water partition coefficient (Wildman–Crippen LogP) is 4.46. The van der Waals surface area contributed by atoms with Crippen molar-refractivity contribution < 1.29 is 0 Å². The Hall–Kier alpha value is -3.47. The SMILES string of the molecule is c1ccc2nc(Nc3ccccn3)c(Nc3ccccn3)c-2cc1. The second-order valence-corrected chi connectivity index (χ2v) is 5.22. The molecule has 0 amide bonds. The Bertz CT molecular complexity index is 909. The molecular formula is C19H15N5. The number of hydrogen-bond acceptors (Lipinski definition) is 5. The van der Waals surface area contributed by atoms with E-state index in [1.807, 2.05) is 66.7 Å². The first-order chi connectivity index (χ1) is 11.9. The number of aromatic nitrogens is 3. The van der Waals surface area contributed by atoms with E-state index in [2.05, 4.69) is 20.6 Å². The van der Waals surface area contributed by atoms with Crippen molar-refractivity contribution >= 4 is 23.1 Å². The van der Waals surface area contributed by atoms with Crippen molar-refractivity contribution in [3.8, 4) is 11.3 Å². The Balaban J connectivity index is 1.79. The van der Waals surface area contributed by atoms with E-state index in [-0.39, 0.29) is 0 Å². The van der Waals surface area contributed by atoms with Crippen molar-refractivity contribution in [3.05, 3.63) is 79.1 Å². The summed E-state index contributed by atoms with van der Waals surface area (Å²) in [5.74, 6) is 2.23. The zero-order chi connectivity index (χ0) is 16.2. The molecule has 0 fully saturated rings. The minimum absolute atomic E-state index is 0.723. The van der Waals surface area contributed by atoms with Gasteiger partial charge in [-0.1, -0.05) is 36.4 Å². The molecule has 0 atom stereocenters. The van der Waals surface area contributed by atoms with Crippen LogP contribution in [-0.4, -0.2) is 15.0 Å². The van der Waals surface area contributed by atoms with Gasteiger partial charge in [0.1, 0.15) is 11.6 Å². The number of fused-ring (bicyclic) bond motifs is 1. The molecule has 2 aliphatic rings. The van der Waals surface area contributed by atoms with Gasteiger partial charge in [-0.3, -0.25) is 0 Å². The number of rotatable bonds is 4. The predicted molar refractivity (Wildman–Crippen MR) is 95.9 cm³/mol. The minimum atomic E-state index is 0.723. The van der Waals surface area contributed by atoms with Gasteiger partial charge in [-0.05, 0) is 30.3 Å².